The van der Waals surface area contributed by atoms with Gasteiger partial charge in [-0.15, -0.1) is 11.3 Å². The number of ether oxygens (including phenoxy) is 1. The van der Waals surface area contributed by atoms with Crippen LogP contribution >= 0.6 is 11.3 Å². The molecule has 1 aliphatic heterocycles. The maximum absolute atomic E-state index is 11.8. The maximum Gasteiger partial charge on any atom is 0.252 e. The number of amides is 1. The fourth-order valence-corrected chi connectivity index (χ4v) is 3.44. The third kappa shape index (κ3) is 5.34. The molecule has 1 N–H and O–H groups in total. The van der Waals surface area contributed by atoms with Crippen LogP contribution in [0.15, 0.2) is 5.38 Å². The summed E-state index contributed by atoms with van der Waals surface area (Å²) in [7, 11) is 0. The van der Waals surface area contributed by atoms with Gasteiger partial charge in [0.15, 0.2) is 5.13 Å². The van der Waals surface area contributed by atoms with Gasteiger partial charge in [0.2, 0.25) is 0 Å². The van der Waals surface area contributed by atoms with Crippen LogP contribution in [0.25, 0.3) is 0 Å². The molecule has 6 heteroatoms. The minimum Gasteiger partial charge on any atom is -0.371 e. The van der Waals surface area contributed by atoms with Gasteiger partial charge in [0.25, 0.3) is 5.91 Å². The van der Waals surface area contributed by atoms with Gasteiger partial charge in [-0.25, -0.2) is 4.98 Å². The van der Waals surface area contributed by atoms with Gasteiger partial charge in [0, 0.05) is 11.9 Å². The molecule has 122 valence electrons. The Balaban J connectivity index is 1.40. The number of carbonyl (C=O) groups excluding carboxylic acids is 1. The second kappa shape index (κ2) is 8.04. The van der Waals surface area contributed by atoms with Crippen LogP contribution in [0.3, 0.4) is 0 Å². The van der Waals surface area contributed by atoms with Crippen LogP contribution in [-0.2, 0) is 16.1 Å². The van der Waals surface area contributed by atoms with E-state index in [9.17, 15) is 4.79 Å². The van der Waals surface area contributed by atoms with Crippen molar-refractivity contribution in [3.63, 3.8) is 0 Å². The summed E-state index contributed by atoms with van der Waals surface area (Å²) >= 11 is 1.50. The van der Waals surface area contributed by atoms with Crippen molar-refractivity contribution in [3.8, 4) is 0 Å². The van der Waals surface area contributed by atoms with Gasteiger partial charge in [-0.05, 0) is 44.7 Å². The van der Waals surface area contributed by atoms with E-state index in [1.165, 1.54) is 49.9 Å². The SMILES string of the molecule is O=C(COCC1CC1)Nc1nc(CN2CCCCCC2)cs1. The molecule has 1 aliphatic carbocycles. The molecule has 1 aromatic rings. The van der Waals surface area contributed by atoms with E-state index in [1.807, 2.05) is 5.38 Å². The van der Waals surface area contributed by atoms with E-state index in [0.717, 1.165) is 25.3 Å². The summed E-state index contributed by atoms with van der Waals surface area (Å²) in [6.07, 6.45) is 7.74. The number of carbonyl (C=O) groups is 1. The Hall–Kier alpha value is -0.980. The van der Waals surface area contributed by atoms with E-state index in [2.05, 4.69) is 15.2 Å². The van der Waals surface area contributed by atoms with Crippen LogP contribution in [0.4, 0.5) is 5.13 Å². The average Bonchev–Trinajstić information content (AvgIpc) is 3.26. The molecule has 0 unspecified atom stereocenters. The molecular weight excluding hydrogens is 298 g/mol. The van der Waals surface area contributed by atoms with Crippen molar-refractivity contribution in [3.05, 3.63) is 11.1 Å². The normalized spacial score (nSPS) is 19.8. The van der Waals surface area contributed by atoms with Crippen LogP contribution in [0.5, 0.6) is 0 Å². The van der Waals surface area contributed by atoms with E-state index >= 15 is 0 Å². The molecule has 1 saturated carbocycles. The third-order valence-electron chi connectivity index (χ3n) is 4.17. The molecule has 2 aliphatic rings. The molecule has 3 rings (SSSR count). The Bertz CT molecular complexity index is 479. The van der Waals surface area contributed by atoms with Gasteiger partial charge in [0.1, 0.15) is 6.61 Å². The molecule has 0 aromatic carbocycles. The fourth-order valence-electron chi connectivity index (χ4n) is 2.72. The van der Waals surface area contributed by atoms with Crippen molar-refractivity contribution in [2.75, 3.05) is 31.6 Å². The third-order valence-corrected chi connectivity index (χ3v) is 4.97. The van der Waals surface area contributed by atoms with Crippen molar-refractivity contribution in [1.29, 1.82) is 0 Å². The first-order chi connectivity index (χ1) is 10.8. The summed E-state index contributed by atoms with van der Waals surface area (Å²) < 4.78 is 5.39. The van der Waals surface area contributed by atoms with Crippen molar-refractivity contribution >= 4 is 22.4 Å². The molecule has 1 saturated heterocycles. The number of nitrogens with one attached hydrogen (secondary N) is 1. The summed E-state index contributed by atoms with van der Waals surface area (Å²) in [5.41, 5.74) is 1.06. The largest absolute Gasteiger partial charge is 0.371 e. The summed E-state index contributed by atoms with van der Waals surface area (Å²) in [5, 5.41) is 5.56. The highest BCUT2D eigenvalue weighted by Gasteiger charge is 2.21. The van der Waals surface area contributed by atoms with Crippen LogP contribution in [0, 0.1) is 5.92 Å². The monoisotopic (exact) mass is 323 g/mol. The summed E-state index contributed by atoms with van der Waals surface area (Å²) in [6.45, 7) is 4.07. The molecule has 0 radical (unpaired) electrons. The maximum atomic E-state index is 11.8. The molecule has 22 heavy (non-hydrogen) atoms. The number of thiazole rings is 1. The van der Waals surface area contributed by atoms with Crippen LogP contribution < -0.4 is 5.32 Å². The Labute approximate surface area is 136 Å². The minimum absolute atomic E-state index is 0.101. The molecule has 1 aromatic heterocycles. The number of hydrogen-bond donors (Lipinski definition) is 1. The Morgan fingerprint density at radius 1 is 1.32 bits per heavy atom. The van der Waals surface area contributed by atoms with E-state index in [-0.39, 0.29) is 12.5 Å². The van der Waals surface area contributed by atoms with Crippen molar-refractivity contribution in [2.24, 2.45) is 5.92 Å². The molecule has 0 bridgehead atoms. The number of rotatable bonds is 7. The summed E-state index contributed by atoms with van der Waals surface area (Å²) in [6, 6.07) is 0. The van der Waals surface area contributed by atoms with E-state index in [0.29, 0.717) is 17.7 Å². The van der Waals surface area contributed by atoms with Crippen molar-refractivity contribution < 1.29 is 9.53 Å². The van der Waals surface area contributed by atoms with E-state index < -0.39 is 0 Å². The van der Waals surface area contributed by atoms with E-state index in [4.69, 9.17) is 4.74 Å². The molecule has 2 heterocycles. The van der Waals surface area contributed by atoms with Gasteiger partial charge in [-0.1, -0.05) is 12.8 Å². The lowest BCUT2D eigenvalue weighted by Gasteiger charge is -2.17. The Morgan fingerprint density at radius 3 is 2.82 bits per heavy atom. The molecular formula is C16H25N3O2S. The Morgan fingerprint density at radius 2 is 2.09 bits per heavy atom. The van der Waals surface area contributed by atoms with Gasteiger partial charge in [-0.2, -0.15) is 0 Å². The smallest absolute Gasteiger partial charge is 0.252 e. The molecule has 0 atom stereocenters. The highest BCUT2D eigenvalue weighted by Crippen LogP contribution is 2.28. The predicted molar refractivity (Wildman–Crippen MR) is 88.0 cm³/mol. The fraction of sp³-hybridized carbons (Fsp3) is 0.750. The first-order valence-corrected chi connectivity index (χ1v) is 9.22. The zero-order valence-corrected chi connectivity index (χ0v) is 13.9. The number of nitrogens with zero attached hydrogens (tertiary/aromatic N) is 2. The molecule has 0 spiro atoms. The van der Waals surface area contributed by atoms with Gasteiger partial charge in [0.05, 0.1) is 12.3 Å². The lowest BCUT2D eigenvalue weighted by atomic mass is 10.2. The number of hydrogen-bond acceptors (Lipinski definition) is 5. The van der Waals surface area contributed by atoms with Crippen molar-refractivity contribution in [1.82, 2.24) is 9.88 Å². The number of aromatic nitrogens is 1. The first-order valence-electron chi connectivity index (χ1n) is 8.34. The summed E-state index contributed by atoms with van der Waals surface area (Å²) in [4.78, 5) is 18.8. The van der Waals surface area contributed by atoms with Crippen molar-refractivity contribution in [2.45, 2.75) is 45.1 Å². The molecule has 1 amide bonds. The highest BCUT2D eigenvalue weighted by atomic mass is 32.1. The highest BCUT2D eigenvalue weighted by molar-refractivity contribution is 7.13. The van der Waals surface area contributed by atoms with Gasteiger partial charge >= 0.3 is 0 Å². The van der Waals surface area contributed by atoms with E-state index in [1.54, 1.807) is 0 Å². The average molecular weight is 323 g/mol. The van der Waals surface area contributed by atoms with Gasteiger partial charge in [-0.3, -0.25) is 15.0 Å². The Kier molecular flexibility index (Phi) is 5.81. The standard InChI is InChI=1S/C16H25N3O2S/c20-15(11-21-10-13-5-6-13)18-16-17-14(12-22-16)9-19-7-3-1-2-4-8-19/h12-13H,1-11H2,(H,17,18,20). The first kappa shape index (κ1) is 15.9. The number of likely N-dealkylation sites (tertiary alicyclic amines) is 1. The predicted octanol–water partition coefficient (Wildman–Crippen LogP) is 2.88. The lowest BCUT2D eigenvalue weighted by molar-refractivity contribution is -0.120. The second-order valence-corrected chi connectivity index (χ2v) is 7.20. The zero-order chi connectivity index (χ0) is 15.2. The summed E-state index contributed by atoms with van der Waals surface area (Å²) in [5.74, 6) is 0.587. The zero-order valence-electron chi connectivity index (χ0n) is 13.1. The van der Waals surface area contributed by atoms with Crippen LogP contribution in [0.1, 0.15) is 44.2 Å². The molecule has 2 fully saturated rings. The minimum atomic E-state index is -0.101. The van der Waals surface area contributed by atoms with Crippen LogP contribution in [-0.4, -0.2) is 42.1 Å². The second-order valence-electron chi connectivity index (χ2n) is 6.34. The quantitative estimate of drug-likeness (QED) is 0.838. The van der Waals surface area contributed by atoms with Gasteiger partial charge < -0.3 is 4.74 Å². The number of anilines is 1. The topological polar surface area (TPSA) is 54.5 Å². The molecule has 5 nitrogen and oxygen atoms in total. The van der Waals surface area contributed by atoms with Crippen LogP contribution in [0.2, 0.25) is 0 Å². The lowest BCUT2D eigenvalue weighted by Crippen LogP contribution is -2.24.